The van der Waals surface area contributed by atoms with E-state index in [0.29, 0.717) is 0 Å². The molecule has 0 aromatic heterocycles. The normalized spacial score (nSPS) is 20.4. The Morgan fingerprint density at radius 3 is 2.59 bits per heavy atom. The van der Waals surface area contributed by atoms with Gasteiger partial charge in [-0.3, -0.25) is 4.84 Å². The first-order chi connectivity index (χ1) is 8.22. The molecule has 1 saturated heterocycles. The second-order valence-corrected chi connectivity index (χ2v) is 4.76. The van der Waals surface area contributed by atoms with Gasteiger partial charge < -0.3 is 5.73 Å². The van der Waals surface area contributed by atoms with Gasteiger partial charge >= 0.3 is 0 Å². The Morgan fingerprint density at radius 2 is 2.06 bits per heavy atom. The van der Waals surface area contributed by atoms with Crippen LogP contribution in [0.2, 0.25) is 0 Å². The van der Waals surface area contributed by atoms with Crippen molar-refractivity contribution < 1.29 is 4.84 Å². The number of nitrogens with zero attached hydrogens (tertiary/aromatic N) is 1. The fourth-order valence-corrected chi connectivity index (χ4v) is 2.30. The van der Waals surface area contributed by atoms with Gasteiger partial charge in [0.05, 0.1) is 12.6 Å². The summed E-state index contributed by atoms with van der Waals surface area (Å²) in [5, 5.41) is 2.05. The summed E-state index contributed by atoms with van der Waals surface area (Å²) < 4.78 is 0. The Morgan fingerprint density at radius 1 is 1.35 bits per heavy atom. The van der Waals surface area contributed by atoms with Gasteiger partial charge in [0.25, 0.3) is 0 Å². The summed E-state index contributed by atoms with van der Waals surface area (Å²) in [5.41, 5.74) is 8.78. The number of nitrogens with two attached hydrogens (primary N) is 1. The van der Waals surface area contributed by atoms with E-state index in [4.69, 9.17) is 10.6 Å². The van der Waals surface area contributed by atoms with Crippen LogP contribution in [0.3, 0.4) is 0 Å². The molecule has 1 aromatic carbocycles. The molecule has 1 heterocycles. The van der Waals surface area contributed by atoms with Crippen molar-refractivity contribution in [2.45, 2.75) is 38.8 Å². The zero-order valence-electron chi connectivity index (χ0n) is 10.7. The highest BCUT2D eigenvalue weighted by Crippen LogP contribution is 2.28. The van der Waals surface area contributed by atoms with Crippen LogP contribution in [-0.4, -0.2) is 24.3 Å². The van der Waals surface area contributed by atoms with E-state index in [1.54, 1.807) is 0 Å². The van der Waals surface area contributed by atoms with Gasteiger partial charge in [-0.25, -0.2) is 0 Å². The van der Waals surface area contributed by atoms with Gasteiger partial charge in [-0.2, -0.15) is 5.06 Å². The highest BCUT2D eigenvalue weighted by Gasteiger charge is 2.28. The maximum atomic E-state index is 6.25. The fourth-order valence-electron chi connectivity index (χ4n) is 2.30. The van der Waals surface area contributed by atoms with Crippen molar-refractivity contribution in [3.8, 4) is 0 Å². The monoisotopic (exact) mass is 234 g/mol. The molecule has 2 N–H and O–H groups in total. The predicted octanol–water partition coefficient (Wildman–Crippen LogP) is 2.41. The molecule has 3 heteroatoms. The van der Waals surface area contributed by atoms with E-state index in [1.165, 1.54) is 11.1 Å². The van der Waals surface area contributed by atoms with Gasteiger partial charge in [0.2, 0.25) is 0 Å². The third-order valence-corrected chi connectivity index (χ3v) is 3.39. The van der Waals surface area contributed by atoms with Crippen molar-refractivity contribution in [3.05, 3.63) is 35.4 Å². The van der Waals surface area contributed by atoms with E-state index in [1.807, 2.05) is 0 Å². The number of hydroxylamine groups is 2. The lowest BCUT2D eigenvalue weighted by Crippen LogP contribution is -2.38. The smallest absolute Gasteiger partial charge is 0.0752 e. The Kier molecular flexibility index (Phi) is 4.15. The molecule has 0 spiro atoms. The van der Waals surface area contributed by atoms with E-state index in [2.05, 4.69) is 43.2 Å². The average molecular weight is 234 g/mol. The summed E-state index contributed by atoms with van der Waals surface area (Å²) >= 11 is 0. The SMILES string of the molecule is CCC(N)C(c1ccc(C)cc1)N1CCCO1. The highest BCUT2D eigenvalue weighted by atomic mass is 16.7. The summed E-state index contributed by atoms with van der Waals surface area (Å²) in [6, 6.07) is 8.91. The first kappa shape index (κ1) is 12.6. The van der Waals surface area contributed by atoms with Crippen molar-refractivity contribution in [2.75, 3.05) is 13.2 Å². The second-order valence-electron chi connectivity index (χ2n) is 4.76. The molecule has 2 unspecified atom stereocenters. The topological polar surface area (TPSA) is 38.5 Å². The maximum absolute atomic E-state index is 6.25. The van der Waals surface area contributed by atoms with E-state index in [-0.39, 0.29) is 12.1 Å². The summed E-state index contributed by atoms with van der Waals surface area (Å²) in [7, 11) is 0. The van der Waals surface area contributed by atoms with Crippen molar-refractivity contribution in [1.82, 2.24) is 5.06 Å². The standard InChI is InChI=1S/C14H22N2O/c1-3-13(15)14(16-9-4-10-17-16)12-7-5-11(2)6-8-12/h5-8,13-14H,3-4,9-10,15H2,1-2H3. The minimum absolute atomic E-state index is 0.121. The zero-order valence-corrected chi connectivity index (χ0v) is 10.7. The Bertz CT molecular complexity index is 344. The number of hydrogen-bond acceptors (Lipinski definition) is 3. The van der Waals surface area contributed by atoms with Crippen LogP contribution >= 0.6 is 0 Å². The average Bonchev–Trinajstić information content (AvgIpc) is 2.85. The van der Waals surface area contributed by atoms with Gasteiger partial charge in [-0.05, 0) is 25.3 Å². The molecule has 0 bridgehead atoms. The van der Waals surface area contributed by atoms with Crippen LogP contribution < -0.4 is 5.73 Å². The second kappa shape index (κ2) is 5.63. The van der Waals surface area contributed by atoms with Crippen LogP contribution in [0.1, 0.15) is 36.9 Å². The summed E-state index contributed by atoms with van der Waals surface area (Å²) in [6.45, 7) is 6.03. The minimum Gasteiger partial charge on any atom is -0.326 e. The predicted molar refractivity (Wildman–Crippen MR) is 69.5 cm³/mol. The van der Waals surface area contributed by atoms with Gasteiger partial charge in [-0.1, -0.05) is 36.8 Å². The lowest BCUT2D eigenvalue weighted by Gasteiger charge is -2.31. The van der Waals surface area contributed by atoms with Gasteiger partial charge in [0, 0.05) is 12.6 Å². The Labute approximate surface area is 104 Å². The van der Waals surface area contributed by atoms with Crippen LogP contribution in [0, 0.1) is 6.92 Å². The number of benzene rings is 1. The fraction of sp³-hybridized carbons (Fsp3) is 0.571. The van der Waals surface area contributed by atoms with Crippen LogP contribution in [-0.2, 0) is 4.84 Å². The molecule has 0 amide bonds. The lowest BCUT2D eigenvalue weighted by atomic mass is 9.97. The van der Waals surface area contributed by atoms with E-state index in [9.17, 15) is 0 Å². The Hall–Kier alpha value is -0.900. The van der Waals surface area contributed by atoms with Crippen molar-refractivity contribution in [3.63, 3.8) is 0 Å². The van der Waals surface area contributed by atoms with Crippen LogP contribution in [0.4, 0.5) is 0 Å². The van der Waals surface area contributed by atoms with Gasteiger partial charge in [-0.15, -0.1) is 0 Å². The van der Waals surface area contributed by atoms with Gasteiger partial charge in [0.1, 0.15) is 0 Å². The molecule has 1 fully saturated rings. The molecular weight excluding hydrogens is 212 g/mol. The van der Waals surface area contributed by atoms with E-state index >= 15 is 0 Å². The first-order valence-corrected chi connectivity index (χ1v) is 6.44. The molecule has 2 rings (SSSR count). The third kappa shape index (κ3) is 2.86. The molecule has 0 saturated carbocycles. The third-order valence-electron chi connectivity index (χ3n) is 3.39. The number of rotatable bonds is 4. The summed E-state index contributed by atoms with van der Waals surface area (Å²) in [5.74, 6) is 0. The van der Waals surface area contributed by atoms with E-state index < -0.39 is 0 Å². The molecule has 2 atom stereocenters. The highest BCUT2D eigenvalue weighted by molar-refractivity contribution is 5.25. The summed E-state index contributed by atoms with van der Waals surface area (Å²) in [4.78, 5) is 5.68. The van der Waals surface area contributed by atoms with Crippen molar-refractivity contribution in [2.24, 2.45) is 5.73 Å². The maximum Gasteiger partial charge on any atom is 0.0752 e. The molecule has 1 aliphatic heterocycles. The number of hydrogen-bond donors (Lipinski definition) is 1. The molecular formula is C14H22N2O. The molecule has 1 aliphatic rings. The van der Waals surface area contributed by atoms with Crippen LogP contribution in [0.15, 0.2) is 24.3 Å². The quantitative estimate of drug-likeness (QED) is 0.869. The molecule has 0 aliphatic carbocycles. The molecule has 3 nitrogen and oxygen atoms in total. The van der Waals surface area contributed by atoms with Gasteiger partial charge in [0.15, 0.2) is 0 Å². The molecule has 17 heavy (non-hydrogen) atoms. The van der Waals surface area contributed by atoms with Crippen molar-refractivity contribution >= 4 is 0 Å². The van der Waals surface area contributed by atoms with E-state index in [0.717, 1.165) is 26.0 Å². The first-order valence-electron chi connectivity index (χ1n) is 6.44. The molecule has 0 radical (unpaired) electrons. The van der Waals surface area contributed by atoms with Crippen LogP contribution in [0.25, 0.3) is 0 Å². The number of aryl methyl sites for hydroxylation is 1. The molecule has 1 aromatic rings. The largest absolute Gasteiger partial charge is 0.326 e. The lowest BCUT2D eigenvalue weighted by molar-refractivity contribution is -0.148. The molecule has 94 valence electrons. The zero-order chi connectivity index (χ0) is 12.3. The summed E-state index contributed by atoms with van der Waals surface area (Å²) in [6.07, 6.45) is 2.05. The van der Waals surface area contributed by atoms with Crippen LogP contribution in [0.5, 0.6) is 0 Å². The minimum atomic E-state index is 0.121. The Balaban J connectivity index is 2.22. The van der Waals surface area contributed by atoms with Crippen molar-refractivity contribution in [1.29, 1.82) is 0 Å².